The predicted octanol–water partition coefficient (Wildman–Crippen LogP) is 1.43. The molecule has 0 aliphatic rings. The maximum absolute atomic E-state index is 14.0. The van der Waals surface area contributed by atoms with Crippen molar-refractivity contribution in [2.24, 2.45) is 5.73 Å². The van der Waals surface area contributed by atoms with Gasteiger partial charge in [0, 0.05) is 12.3 Å². The van der Waals surface area contributed by atoms with Crippen LogP contribution in [0.25, 0.3) is 11.4 Å². The van der Waals surface area contributed by atoms with E-state index in [1.54, 1.807) is 0 Å². The summed E-state index contributed by atoms with van der Waals surface area (Å²) in [5.41, 5.74) is 5.04. The normalized spacial score (nSPS) is 10.5. The van der Waals surface area contributed by atoms with Crippen molar-refractivity contribution in [1.82, 2.24) is 25.6 Å². The lowest BCUT2D eigenvalue weighted by Crippen LogP contribution is -2.11. The van der Waals surface area contributed by atoms with E-state index < -0.39 is 23.4 Å². The van der Waals surface area contributed by atoms with Crippen molar-refractivity contribution in [1.29, 1.82) is 0 Å². The Balaban J connectivity index is 1.86. The summed E-state index contributed by atoms with van der Waals surface area (Å²) in [6, 6.07) is 4.67. The first kappa shape index (κ1) is 14.5. The smallest absolute Gasteiger partial charge is 0.255 e. The summed E-state index contributed by atoms with van der Waals surface area (Å²) in [6.45, 7) is 0. The molecule has 2 aromatic heterocycles. The van der Waals surface area contributed by atoms with E-state index in [0.29, 0.717) is 0 Å². The molecule has 0 aliphatic carbocycles. The van der Waals surface area contributed by atoms with Crippen LogP contribution in [0.2, 0.25) is 0 Å². The second-order valence-electron chi connectivity index (χ2n) is 4.37. The number of hydrogen-bond donors (Lipinski definition) is 2. The van der Waals surface area contributed by atoms with Gasteiger partial charge >= 0.3 is 0 Å². The number of tetrazole rings is 1. The van der Waals surface area contributed by atoms with Gasteiger partial charge in [0.15, 0.2) is 11.6 Å². The molecule has 3 aromatic rings. The van der Waals surface area contributed by atoms with Crippen LogP contribution in [0, 0.1) is 11.6 Å². The number of nitrogens with zero attached hydrogens (tertiary/aromatic N) is 4. The molecule has 23 heavy (non-hydrogen) atoms. The van der Waals surface area contributed by atoms with E-state index in [4.69, 9.17) is 10.5 Å². The van der Waals surface area contributed by atoms with Crippen molar-refractivity contribution in [3.63, 3.8) is 0 Å². The number of primary amides is 1. The molecular weight excluding hydrogens is 310 g/mol. The average Bonchev–Trinajstić information content (AvgIpc) is 3.03. The number of halogens is 2. The largest absolute Gasteiger partial charge is 0.436 e. The second kappa shape index (κ2) is 5.75. The fourth-order valence-corrected chi connectivity index (χ4v) is 1.77. The van der Waals surface area contributed by atoms with Gasteiger partial charge in [-0.2, -0.15) is 0 Å². The number of carbonyl (C=O) groups excluding carboxylic acids is 1. The number of H-pyrrole nitrogens is 1. The molecule has 0 spiro atoms. The van der Waals surface area contributed by atoms with Crippen LogP contribution in [0.1, 0.15) is 10.4 Å². The molecule has 0 aliphatic heterocycles. The fourth-order valence-electron chi connectivity index (χ4n) is 1.77. The van der Waals surface area contributed by atoms with Gasteiger partial charge in [-0.15, -0.1) is 5.10 Å². The van der Waals surface area contributed by atoms with Crippen molar-refractivity contribution < 1.29 is 18.3 Å². The van der Waals surface area contributed by atoms with Gasteiger partial charge in [0.1, 0.15) is 11.6 Å². The quantitative estimate of drug-likeness (QED) is 0.751. The number of rotatable bonds is 4. The first-order valence-electron chi connectivity index (χ1n) is 6.21. The van der Waals surface area contributed by atoms with E-state index in [1.807, 2.05) is 0 Å². The minimum absolute atomic E-state index is 0.0111. The zero-order chi connectivity index (χ0) is 16.4. The summed E-state index contributed by atoms with van der Waals surface area (Å²) in [5.74, 6) is -2.65. The Kier molecular flexibility index (Phi) is 3.63. The zero-order valence-corrected chi connectivity index (χ0v) is 11.3. The molecule has 0 bridgehead atoms. The van der Waals surface area contributed by atoms with Crippen LogP contribution >= 0.6 is 0 Å². The molecule has 0 saturated heterocycles. The highest BCUT2D eigenvalue weighted by molar-refractivity contribution is 5.92. The van der Waals surface area contributed by atoms with Gasteiger partial charge in [0.2, 0.25) is 5.91 Å². The Hall–Kier alpha value is -3.43. The lowest BCUT2D eigenvalue weighted by molar-refractivity contribution is 0.0999. The minimum Gasteiger partial charge on any atom is -0.436 e. The molecule has 3 N–H and O–H groups in total. The van der Waals surface area contributed by atoms with Gasteiger partial charge in [-0.25, -0.2) is 18.9 Å². The third-order valence-corrected chi connectivity index (χ3v) is 2.85. The summed E-state index contributed by atoms with van der Waals surface area (Å²) in [7, 11) is 0. The average molecular weight is 318 g/mol. The van der Waals surface area contributed by atoms with E-state index in [1.165, 1.54) is 12.1 Å². The Bertz CT molecular complexity index is 869. The maximum atomic E-state index is 14.0. The summed E-state index contributed by atoms with van der Waals surface area (Å²) >= 11 is 0. The molecular formula is C13H8F2N6O2. The number of aromatic amines is 1. The molecule has 3 rings (SSSR count). The molecule has 1 amide bonds. The van der Waals surface area contributed by atoms with Crippen LogP contribution in [0.5, 0.6) is 11.6 Å². The van der Waals surface area contributed by atoms with Gasteiger partial charge in [-0.05, 0) is 28.6 Å². The van der Waals surface area contributed by atoms with Crippen LogP contribution in [-0.4, -0.2) is 31.5 Å². The van der Waals surface area contributed by atoms with Crippen LogP contribution in [0.3, 0.4) is 0 Å². The molecule has 0 unspecified atom stereocenters. The van der Waals surface area contributed by atoms with Crippen LogP contribution in [0.15, 0.2) is 30.5 Å². The molecule has 1 aromatic carbocycles. The zero-order valence-electron chi connectivity index (χ0n) is 11.3. The molecule has 0 saturated carbocycles. The number of amides is 1. The highest BCUT2D eigenvalue weighted by Gasteiger charge is 2.13. The lowest BCUT2D eigenvalue weighted by atomic mass is 10.2. The summed E-state index contributed by atoms with van der Waals surface area (Å²) in [5, 5.41) is 12.7. The van der Waals surface area contributed by atoms with E-state index in [2.05, 4.69) is 25.6 Å². The predicted molar refractivity (Wildman–Crippen MR) is 72.4 cm³/mol. The summed E-state index contributed by atoms with van der Waals surface area (Å²) < 4.78 is 33.0. The molecule has 2 heterocycles. The van der Waals surface area contributed by atoms with Crippen molar-refractivity contribution in [3.05, 3.63) is 47.7 Å². The second-order valence-corrected chi connectivity index (χ2v) is 4.37. The van der Waals surface area contributed by atoms with Crippen molar-refractivity contribution in [2.75, 3.05) is 0 Å². The van der Waals surface area contributed by atoms with E-state index in [0.717, 1.165) is 18.3 Å². The number of pyridine rings is 1. The molecule has 10 heteroatoms. The monoisotopic (exact) mass is 318 g/mol. The van der Waals surface area contributed by atoms with Gasteiger partial charge < -0.3 is 10.5 Å². The first-order chi connectivity index (χ1) is 11.0. The number of hydrogen-bond acceptors (Lipinski definition) is 6. The standard InChI is InChI=1S/C13H8F2N6O2/c14-9-4-7(1-2-8(9)12-18-20-21-19-12)23-13-10(15)3-6(5-17-13)11(16)22/h1-5H,(H2,16,22)(H,18,19,20,21). The first-order valence-corrected chi connectivity index (χ1v) is 6.21. The molecule has 0 radical (unpaired) electrons. The van der Waals surface area contributed by atoms with Crippen molar-refractivity contribution in [3.8, 4) is 23.0 Å². The highest BCUT2D eigenvalue weighted by atomic mass is 19.1. The lowest BCUT2D eigenvalue weighted by Gasteiger charge is -2.07. The Morgan fingerprint density at radius 2 is 2.04 bits per heavy atom. The minimum atomic E-state index is -0.898. The van der Waals surface area contributed by atoms with E-state index in [-0.39, 0.29) is 22.7 Å². The van der Waals surface area contributed by atoms with Gasteiger partial charge in [-0.1, -0.05) is 0 Å². The number of benzene rings is 1. The Morgan fingerprint density at radius 1 is 1.22 bits per heavy atom. The molecule has 0 atom stereocenters. The van der Waals surface area contributed by atoms with E-state index in [9.17, 15) is 13.6 Å². The molecule has 116 valence electrons. The third-order valence-electron chi connectivity index (χ3n) is 2.85. The SMILES string of the molecule is NC(=O)c1cnc(Oc2ccc(-c3nnn[nH]3)c(F)c2)c(F)c1. The van der Waals surface area contributed by atoms with Crippen LogP contribution < -0.4 is 10.5 Å². The fraction of sp³-hybridized carbons (Fsp3) is 0. The summed E-state index contributed by atoms with van der Waals surface area (Å²) in [6.07, 6.45) is 1.06. The Morgan fingerprint density at radius 3 is 2.65 bits per heavy atom. The van der Waals surface area contributed by atoms with Crippen molar-refractivity contribution >= 4 is 5.91 Å². The van der Waals surface area contributed by atoms with Crippen LogP contribution in [0.4, 0.5) is 8.78 Å². The molecule has 8 nitrogen and oxygen atoms in total. The highest BCUT2D eigenvalue weighted by Crippen LogP contribution is 2.27. The van der Waals surface area contributed by atoms with Gasteiger partial charge in [-0.3, -0.25) is 4.79 Å². The van der Waals surface area contributed by atoms with Gasteiger partial charge in [0.05, 0.1) is 11.1 Å². The number of nitrogens with one attached hydrogen (secondary N) is 1. The maximum Gasteiger partial charge on any atom is 0.255 e. The molecule has 0 fully saturated rings. The number of carbonyl (C=O) groups is 1. The number of aromatic nitrogens is 5. The summed E-state index contributed by atoms with van der Waals surface area (Å²) in [4.78, 5) is 14.6. The van der Waals surface area contributed by atoms with E-state index >= 15 is 0 Å². The Labute approximate surface area is 127 Å². The van der Waals surface area contributed by atoms with Crippen LogP contribution in [-0.2, 0) is 0 Å². The van der Waals surface area contributed by atoms with Gasteiger partial charge in [0.25, 0.3) is 5.88 Å². The van der Waals surface area contributed by atoms with Crippen molar-refractivity contribution in [2.45, 2.75) is 0 Å². The number of ether oxygens (including phenoxy) is 1. The topological polar surface area (TPSA) is 120 Å². The third kappa shape index (κ3) is 2.95. The number of nitrogens with two attached hydrogens (primary N) is 1.